The Morgan fingerprint density at radius 3 is 2.84 bits per heavy atom. The highest BCUT2D eigenvalue weighted by Crippen LogP contribution is 2.24. The third kappa shape index (κ3) is 3.48. The number of carbonyl (C=O) groups is 1. The van der Waals surface area contributed by atoms with E-state index in [-0.39, 0.29) is 5.91 Å². The van der Waals surface area contributed by atoms with Crippen LogP contribution < -0.4 is 5.73 Å². The maximum absolute atomic E-state index is 12.4. The summed E-state index contributed by atoms with van der Waals surface area (Å²) in [5, 5.41) is 10.0. The predicted octanol–water partition coefficient (Wildman–Crippen LogP) is 2.41. The summed E-state index contributed by atoms with van der Waals surface area (Å²) in [5.41, 5.74) is 6.31. The number of nitrogen functional groups attached to an aromatic ring is 1. The number of aliphatic hydroxyl groups is 1. The van der Waals surface area contributed by atoms with Crippen molar-refractivity contribution in [2.75, 3.05) is 18.8 Å². The Morgan fingerprint density at radius 2 is 2.16 bits per heavy atom. The highest BCUT2D eigenvalue weighted by molar-refractivity contribution is 9.10. The standard InChI is InChI=1S/C14H19BrN2O2/c1-14(19)5-2-7-17(8-6-14)13(18)10-3-4-11(15)12(16)9-10/h3-4,9,19H,2,5-8,16H2,1H3. The van der Waals surface area contributed by atoms with E-state index >= 15 is 0 Å². The first-order chi connectivity index (χ1) is 8.89. The molecule has 1 amide bonds. The number of amides is 1. The first-order valence-corrected chi connectivity index (χ1v) is 7.25. The van der Waals surface area contributed by atoms with E-state index in [1.165, 1.54) is 0 Å². The van der Waals surface area contributed by atoms with Crippen molar-refractivity contribution in [1.82, 2.24) is 4.90 Å². The molecule has 1 aromatic carbocycles. The maximum Gasteiger partial charge on any atom is 0.253 e. The minimum absolute atomic E-state index is 0.0168. The quantitative estimate of drug-likeness (QED) is 0.779. The van der Waals surface area contributed by atoms with Crippen molar-refractivity contribution in [2.45, 2.75) is 31.8 Å². The highest BCUT2D eigenvalue weighted by atomic mass is 79.9. The van der Waals surface area contributed by atoms with Gasteiger partial charge in [0.05, 0.1) is 5.60 Å². The van der Waals surface area contributed by atoms with Gasteiger partial charge in [-0.2, -0.15) is 0 Å². The molecule has 0 aliphatic carbocycles. The number of carbonyl (C=O) groups excluding carboxylic acids is 1. The van der Waals surface area contributed by atoms with Crippen molar-refractivity contribution in [1.29, 1.82) is 0 Å². The molecule has 1 atom stereocenters. The molecular weight excluding hydrogens is 308 g/mol. The second-order valence-corrected chi connectivity index (χ2v) is 6.23. The lowest BCUT2D eigenvalue weighted by molar-refractivity contribution is 0.0438. The molecular formula is C14H19BrN2O2. The fraction of sp³-hybridized carbons (Fsp3) is 0.500. The predicted molar refractivity (Wildman–Crippen MR) is 78.9 cm³/mol. The van der Waals surface area contributed by atoms with Gasteiger partial charge < -0.3 is 15.7 Å². The van der Waals surface area contributed by atoms with Crippen LogP contribution in [0.2, 0.25) is 0 Å². The third-order valence-corrected chi connectivity index (χ3v) is 4.32. The van der Waals surface area contributed by atoms with Gasteiger partial charge in [0.1, 0.15) is 0 Å². The van der Waals surface area contributed by atoms with E-state index in [1.54, 1.807) is 23.1 Å². The Hall–Kier alpha value is -1.07. The van der Waals surface area contributed by atoms with Crippen LogP contribution in [0.4, 0.5) is 5.69 Å². The Bertz CT molecular complexity index is 488. The van der Waals surface area contributed by atoms with Crippen LogP contribution in [-0.4, -0.2) is 34.6 Å². The monoisotopic (exact) mass is 326 g/mol. The maximum atomic E-state index is 12.4. The van der Waals surface area contributed by atoms with Gasteiger partial charge in [-0.15, -0.1) is 0 Å². The molecule has 0 aromatic heterocycles. The zero-order valence-electron chi connectivity index (χ0n) is 11.0. The van der Waals surface area contributed by atoms with Gasteiger partial charge in [-0.3, -0.25) is 4.79 Å². The zero-order valence-corrected chi connectivity index (χ0v) is 12.6. The van der Waals surface area contributed by atoms with E-state index in [2.05, 4.69) is 15.9 Å². The summed E-state index contributed by atoms with van der Waals surface area (Å²) in [6.45, 7) is 3.10. The minimum atomic E-state index is -0.659. The van der Waals surface area contributed by atoms with E-state index in [1.807, 2.05) is 6.92 Å². The van der Waals surface area contributed by atoms with Crippen molar-refractivity contribution in [3.63, 3.8) is 0 Å². The van der Waals surface area contributed by atoms with Gasteiger partial charge in [0.2, 0.25) is 0 Å². The van der Waals surface area contributed by atoms with Crippen molar-refractivity contribution < 1.29 is 9.90 Å². The second-order valence-electron chi connectivity index (χ2n) is 5.38. The third-order valence-electron chi connectivity index (χ3n) is 3.59. The first kappa shape index (κ1) is 14.3. The molecule has 1 unspecified atom stereocenters. The molecule has 1 heterocycles. The molecule has 0 spiro atoms. The number of anilines is 1. The van der Waals surface area contributed by atoms with E-state index in [0.29, 0.717) is 30.8 Å². The number of nitrogens with zero attached hydrogens (tertiary/aromatic N) is 1. The Balaban J connectivity index is 2.13. The van der Waals surface area contributed by atoms with Gasteiger partial charge in [0, 0.05) is 28.8 Å². The summed E-state index contributed by atoms with van der Waals surface area (Å²) < 4.78 is 0.794. The summed E-state index contributed by atoms with van der Waals surface area (Å²) in [6.07, 6.45) is 2.18. The van der Waals surface area contributed by atoms with Crippen LogP contribution in [0.25, 0.3) is 0 Å². The van der Waals surface area contributed by atoms with Gasteiger partial charge in [0.25, 0.3) is 5.91 Å². The van der Waals surface area contributed by atoms with E-state index in [0.717, 1.165) is 17.3 Å². The molecule has 0 bridgehead atoms. The van der Waals surface area contributed by atoms with Crippen LogP contribution in [0.3, 0.4) is 0 Å². The lowest BCUT2D eigenvalue weighted by Crippen LogP contribution is -2.33. The van der Waals surface area contributed by atoms with Crippen molar-refractivity contribution in [3.05, 3.63) is 28.2 Å². The molecule has 5 heteroatoms. The zero-order chi connectivity index (χ0) is 14.0. The Labute approximate surface area is 121 Å². The largest absolute Gasteiger partial charge is 0.398 e. The molecule has 4 nitrogen and oxygen atoms in total. The van der Waals surface area contributed by atoms with Crippen LogP contribution in [0, 0.1) is 0 Å². The number of benzene rings is 1. The molecule has 3 N–H and O–H groups in total. The lowest BCUT2D eigenvalue weighted by atomic mass is 9.98. The molecule has 1 saturated heterocycles. The molecule has 1 aliphatic rings. The number of hydrogen-bond acceptors (Lipinski definition) is 3. The van der Waals surface area contributed by atoms with Crippen LogP contribution in [0.5, 0.6) is 0 Å². The summed E-state index contributed by atoms with van der Waals surface area (Å²) in [5.74, 6) is -0.0168. The van der Waals surface area contributed by atoms with Gasteiger partial charge in [-0.1, -0.05) is 0 Å². The van der Waals surface area contributed by atoms with Crippen LogP contribution in [0.1, 0.15) is 36.5 Å². The summed E-state index contributed by atoms with van der Waals surface area (Å²) in [7, 11) is 0. The normalized spacial score (nSPS) is 24.1. The summed E-state index contributed by atoms with van der Waals surface area (Å²) in [4.78, 5) is 14.2. The average molecular weight is 327 g/mol. The molecule has 0 saturated carbocycles. The van der Waals surface area contributed by atoms with E-state index in [9.17, 15) is 9.90 Å². The molecule has 19 heavy (non-hydrogen) atoms. The molecule has 104 valence electrons. The number of nitrogens with two attached hydrogens (primary N) is 1. The fourth-order valence-corrected chi connectivity index (χ4v) is 2.57. The average Bonchev–Trinajstić information content (AvgIpc) is 2.53. The topological polar surface area (TPSA) is 66.6 Å². The molecule has 0 radical (unpaired) electrons. The second kappa shape index (κ2) is 5.51. The van der Waals surface area contributed by atoms with Crippen LogP contribution in [-0.2, 0) is 0 Å². The lowest BCUT2D eigenvalue weighted by Gasteiger charge is -2.22. The molecule has 2 rings (SSSR count). The van der Waals surface area contributed by atoms with Gasteiger partial charge in [0.15, 0.2) is 0 Å². The van der Waals surface area contributed by atoms with Crippen LogP contribution >= 0.6 is 15.9 Å². The van der Waals surface area contributed by atoms with Crippen molar-refractivity contribution >= 4 is 27.5 Å². The Kier molecular flexibility index (Phi) is 4.16. The number of rotatable bonds is 1. The number of halogens is 1. The smallest absolute Gasteiger partial charge is 0.253 e. The van der Waals surface area contributed by atoms with Gasteiger partial charge >= 0.3 is 0 Å². The fourth-order valence-electron chi connectivity index (χ4n) is 2.33. The highest BCUT2D eigenvalue weighted by Gasteiger charge is 2.27. The van der Waals surface area contributed by atoms with Crippen molar-refractivity contribution in [2.24, 2.45) is 0 Å². The van der Waals surface area contributed by atoms with E-state index < -0.39 is 5.60 Å². The molecule has 1 aliphatic heterocycles. The number of hydrogen-bond donors (Lipinski definition) is 2. The first-order valence-electron chi connectivity index (χ1n) is 6.46. The van der Waals surface area contributed by atoms with Gasteiger partial charge in [-0.25, -0.2) is 0 Å². The molecule has 1 fully saturated rings. The molecule has 1 aromatic rings. The summed E-state index contributed by atoms with van der Waals surface area (Å²) >= 11 is 3.32. The number of likely N-dealkylation sites (tertiary alicyclic amines) is 1. The summed E-state index contributed by atoms with van der Waals surface area (Å²) in [6, 6.07) is 5.25. The van der Waals surface area contributed by atoms with Crippen LogP contribution in [0.15, 0.2) is 22.7 Å². The van der Waals surface area contributed by atoms with E-state index in [4.69, 9.17) is 5.73 Å². The SMILES string of the molecule is CC1(O)CCCN(C(=O)c2ccc(Br)c(N)c2)CC1. The minimum Gasteiger partial charge on any atom is -0.398 e. The van der Waals surface area contributed by atoms with Gasteiger partial charge in [-0.05, 0) is 60.3 Å². The Morgan fingerprint density at radius 1 is 1.42 bits per heavy atom. The van der Waals surface area contributed by atoms with Crippen molar-refractivity contribution in [3.8, 4) is 0 Å².